The van der Waals surface area contributed by atoms with Gasteiger partial charge >= 0.3 is 0 Å². The standard InChI is InChI=1S/C20H18FN3O2S/c21-11-1-2-13-15(9-11)17-14(3-6-22-20(17)26)19-18(13)23-16(27-19)10-24-7-4-12(25)5-8-24/h1-3,6,9,12,25H,4-5,7-8,10H2,(H,22,26). The lowest BCUT2D eigenvalue weighted by Crippen LogP contribution is -2.35. The zero-order valence-corrected chi connectivity index (χ0v) is 15.4. The summed E-state index contributed by atoms with van der Waals surface area (Å²) in [5, 5.41) is 13.4. The van der Waals surface area contributed by atoms with E-state index >= 15 is 0 Å². The minimum atomic E-state index is -0.367. The molecule has 138 valence electrons. The molecule has 1 fully saturated rings. The van der Waals surface area contributed by atoms with Gasteiger partial charge in [-0.2, -0.15) is 0 Å². The van der Waals surface area contributed by atoms with Gasteiger partial charge in [-0.15, -0.1) is 11.3 Å². The Morgan fingerprint density at radius 2 is 2.04 bits per heavy atom. The number of halogens is 1. The third-order valence-corrected chi connectivity index (χ3v) is 6.37. The van der Waals surface area contributed by atoms with Crippen molar-refractivity contribution < 1.29 is 9.50 Å². The van der Waals surface area contributed by atoms with Crippen LogP contribution in [-0.4, -0.2) is 39.2 Å². The summed E-state index contributed by atoms with van der Waals surface area (Å²) in [5.74, 6) is -0.367. The number of hydrogen-bond donors (Lipinski definition) is 2. The fourth-order valence-electron chi connectivity index (χ4n) is 3.93. The van der Waals surface area contributed by atoms with Gasteiger partial charge in [-0.25, -0.2) is 9.37 Å². The maximum absolute atomic E-state index is 13.9. The molecular formula is C20H18FN3O2S. The Bertz CT molecular complexity index is 1220. The molecule has 2 N–H and O–H groups in total. The van der Waals surface area contributed by atoms with Gasteiger partial charge in [-0.05, 0) is 37.1 Å². The molecule has 3 heterocycles. The van der Waals surface area contributed by atoms with Crippen molar-refractivity contribution in [1.82, 2.24) is 14.9 Å². The van der Waals surface area contributed by atoms with E-state index in [-0.39, 0.29) is 17.5 Å². The number of thiazole rings is 1. The monoisotopic (exact) mass is 383 g/mol. The Morgan fingerprint density at radius 1 is 1.22 bits per heavy atom. The first-order chi connectivity index (χ1) is 13.1. The highest BCUT2D eigenvalue weighted by atomic mass is 32.1. The SMILES string of the molecule is O=c1[nH]ccc2c3sc(CN4CCC(O)CC4)nc3c3ccc(F)cc3c12. The lowest BCUT2D eigenvalue weighted by Gasteiger charge is -2.28. The van der Waals surface area contributed by atoms with Gasteiger partial charge in [0, 0.05) is 35.4 Å². The van der Waals surface area contributed by atoms with Gasteiger partial charge in [0.05, 0.1) is 28.3 Å². The van der Waals surface area contributed by atoms with Gasteiger partial charge in [0.25, 0.3) is 5.56 Å². The largest absolute Gasteiger partial charge is 0.393 e. The van der Waals surface area contributed by atoms with Gasteiger partial charge in [0.15, 0.2) is 0 Å². The van der Waals surface area contributed by atoms with Gasteiger partial charge < -0.3 is 10.1 Å². The summed E-state index contributed by atoms with van der Waals surface area (Å²) < 4.78 is 14.8. The van der Waals surface area contributed by atoms with Gasteiger partial charge in [-0.1, -0.05) is 0 Å². The van der Waals surface area contributed by atoms with Crippen molar-refractivity contribution in [3.05, 3.63) is 51.6 Å². The predicted molar refractivity (Wildman–Crippen MR) is 106 cm³/mol. The van der Waals surface area contributed by atoms with Crippen molar-refractivity contribution in [2.24, 2.45) is 0 Å². The summed E-state index contributed by atoms with van der Waals surface area (Å²) in [7, 11) is 0. The van der Waals surface area contributed by atoms with Crippen LogP contribution in [0.3, 0.4) is 0 Å². The maximum atomic E-state index is 13.9. The average Bonchev–Trinajstić information content (AvgIpc) is 3.07. The molecule has 4 aromatic rings. The van der Waals surface area contributed by atoms with Crippen LogP contribution >= 0.6 is 11.3 Å². The number of pyridine rings is 1. The number of aromatic nitrogens is 2. The molecule has 27 heavy (non-hydrogen) atoms. The lowest BCUT2D eigenvalue weighted by molar-refractivity contribution is 0.0792. The molecule has 1 aliphatic heterocycles. The Balaban J connectivity index is 1.72. The van der Waals surface area contributed by atoms with Crippen LogP contribution in [0.4, 0.5) is 4.39 Å². The zero-order valence-electron chi connectivity index (χ0n) is 14.5. The van der Waals surface area contributed by atoms with E-state index in [2.05, 4.69) is 9.88 Å². The smallest absolute Gasteiger partial charge is 0.256 e. The summed E-state index contributed by atoms with van der Waals surface area (Å²) in [6.45, 7) is 2.42. The molecule has 2 aromatic heterocycles. The molecule has 0 spiro atoms. The van der Waals surface area contributed by atoms with E-state index in [1.807, 2.05) is 6.07 Å². The summed E-state index contributed by atoms with van der Waals surface area (Å²) in [5.41, 5.74) is 0.602. The zero-order chi connectivity index (χ0) is 18.5. The van der Waals surface area contributed by atoms with Crippen molar-refractivity contribution in [2.75, 3.05) is 13.1 Å². The molecule has 1 aliphatic rings. The first kappa shape index (κ1) is 16.8. The van der Waals surface area contributed by atoms with Crippen LogP contribution in [0.1, 0.15) is 17.8 Å². The Morgan fingerprint density at radius 3 is 2.85 bits per heavy atom. The highest BCUT2D eigenvalue weighted by molar-refractivity contribution is 7.19. The Labute approximate surface area is 158 Å². The Kier molecular flexibility index (Phi) is 3.96. The fourth-order valence-corrected chi connectivity index (χ4v) is 5.08. The second kappa shape index (κ2) is 6.37. The number of aliphatic hydroxyl groups is 1. The number of nitrogens with one attached hydrogen (secondary N) is 1. The van der Waals surface area contributed by atoms with Crippen molar-refractivity contribution in [1.29, 1.82) is 0 Å². The minimum Gasteiger partial charge on any atom is -0.393 e. The molecule has 2 aromatic carbocycles. The van der Waals surface area contributed by atoms with Crippen molar-refractivity contribution in [3.63, 3.8) is 0 Å². The first-order valence-electron chi connectivity index (χ1n) is 9.02. The highest BCUT2D eigenvalue weighted by Crippen LogP contribution is 2.37. The van der Waals surface area contributed by atoms with Crippen molar-refractivity contribution >= 4 is 43.1 Å². The predicted octanol–water partition coefficient (Wildman–Crippen LogP) is 3.39. The van der Waals surface area contributed by atoms with Gasteiger partial charge in [0.1, 0.15) is 10.8 Å². The second-order valence-corrected chi connectivity index (χ2v) is 8.16. The van der Waals surface area contributed by atoms with Crippen LogP contribution in [0.2, 0.25) is 0 Å². The maximum Gasteiger partial charge on any atom is 0.256 e. The molecule has 0 aliphatic carbocycles. The van der Waals surface area contributed by atoms with E-state index in [4.69, 9.17) is 4.98 Å². The number of H-pyrrole nitrogens is 1. The molecule has 1 saturated heterocycles. The Hall–Kier alpha value is -2.35. The number of nitrogens with zero attached hydrogens (tertiary/aromatic N) is 2. The fraction of sp³-hybridized carbons (Fsp3) is 0.300. The normalized spacial score (nSPS) is 16.7. The number of piperidine rings is 1. The number of aromatic amines is 1. The number of aliphatic hydroxyl groups excluding tert-OH is 1. The van der Waals surface area contributed by atoms with E-state index in [0.717, 1.165) is 58.5 Å². The topological polar surface area (TPSA) is 69.2 Å². The van der Waals surface area contributed by atoms with E-state index < -0.39 is 0 Å². The van der Waals surface area contributed by atoms with Crippen LogP contribution in [0.25, 0.3) is 31.8 Å². The van der Waals surface area contributed by atoms with E-state index in [0.29, 0.717) is 10.8 Å². The number of likely N-dealkylation sites (tertiary alicyclic amines) is 1. The van der Waals surface area contributed by atoms with Crippen LogP contribution in [0.15, 0.2) is 35.3 Å². The number of benzene rings is 2. The van der Waals surface area contributed by atoms with E-state index in [9.17, 15) is 14.3 Å². The highest BCUT2D eigenvalue weighted by Gasteiger charge is 2.20. The molecule has 5 rings (SSSR count). The van der Waals surface area contributed by atoms with E-state index in [1.165, 1.54) is 12.1 Å². The van der Waals surface area contributed by atoms with Crippen LogP contribution < -0.4 is 5.56 Å². The van der Waals surface area contributed by atoms with E-state index in [1.54, 1.807) is 23.6 Å². The summed E-state index contributed by atoms with van der Waals surface area (Å²) >= 11 is 1.59. The molecule has 5 nitrogen and oxygen atoms in total. The molecule has 0 unspecified atom stereocenters. The quantitative estimate of drug-likeness (QED) is 0.521. The molecule has 7 heteroatoms. The third-order valence-electron chi connectivity index (χ3n) is 5.30. The van der Waals surface area contributed by atoms with Crippen LogP contribution in [0, 0.1) is 5.82 Å². The van der Waals surface area contributed by atoms with Gasteiger partial charge in [-0.3, -0.25) is 9.69 Å². The minimum absolute atomic E-state index is 0.203. The summed E-state index contributed by atoms with van der Waals surface area (Å²) in [6, 6.07) is 6.40. The van der Waals surface area contributed by atoms with Crippen LogP contribution in [-0.2, 0) is 6.54 Å². The van der Waals surface area contributed by atoms with Crippen LogP contribution in [0.5, 0.6) is 0 Å². The molecule has 0 radical (unpaired) electrons. The summed E-state index contributed by atoms with van der Waals surface area (Å²) in [4.78, 5) is 22.3. The number of fused-ring (bicyclic) bond motifs is 6. The molecule has 0 saturated carbocycles. The average molecular weight is 383 g/mol. The third kappa shape index (κ3) is 2.82. The van der Waals surface area contributed by atoms with Crippen molar-refractivity contribution in [2.45, 2.75) is 25.5 Å². The molecule has 0 amide bonds. The molecule has 0 bridgehead atoms. The molecule has 0 atom stereocenters. The van der Waals surface area contributed by atoms with Gasteiger partial charge in [0.2, 0.25) is 0 Å². The molecular weight excluding hydrogens is 365 g/mol. The second-order valence-electron chi connectivity index (χ2n) is 7.08. The number of rotatable bonds is 2. The summed E-state index contributed by atoms with van der Waals surface area (Å²) in [6.07, 6.45) is 2.99. The lowest BCUT2D eigenvalue weighted by atomic mass is 10.0. The van der Waals surface area contributed by atoms with Crippen molar-refractivity contribution in [3.8, 4) is 0 Å². The number of hydrogen-bond acceptors (Lipinski definition) is 5. The first-order valence-corrected chi connectivity index (χ1v) is 9.84.